The number of ether oxygens (including phenoxy) is 1. The number of methoxy groups -OCH3 is 1. The highest BCUT2D eigenvalue weighted by Gasteiger charge is 2.30. The van der Waals surface area contributed by atoms with Crippen molar-refractivity contribution in [3.05, 3.63) is 114 Å². The van der Waals surface area contributed by atoms with Crippen molar-refractivity contribution in [3.8, 4) is 5.75 Å². The summed E-state index contributed by atoms with van der Waals surface area (Å²) in [4.78, 5) is 17.1. The van der Waals surface area contributed by atoms with Crippen molar-refractivity contribution in [2.45, 2.75) is 36.6 Å². The molecule has 234 valence electrons. The van der Waals surface area contributed by atoms with Crippen molar-refractivity contribution in [1.82, 2.24) is 4.72 Å². The van der Waals surface area contributed by atoms with E-state index in [1.807, 2.05) is 46.2 Å². The molecule has 1 aliphatic heterocycles. The van der Waals surface area contributed by atoms with E-state index in [4.69, 9.17) is 4.74 Å². The van der Waals surface area contributed by atoms with Crippen molar-refractivity contribution in [2.24, 2.45) is 0 Å². The molecule has 10 heteroatoms. The van der Waals surface area contributed by atoms with E-state index in [9.17, 15) is 17.6 Å². The molecule has 0 spiro atoms. The summed E-state index contributed by atoms with van der Waals surface area (Å²) in [6.07, 6.45) is 2.63. The van der Waals surface area contributed by atoms with Gasteiger partial charge in [0.05, 0.1) is 24.9 Å². The zero-order valence-electron chi connectivity index (χ0n) is 25.2. The summed E-state index contributed by atoms with van der Waals surface area (Å²) < 4.78 is 51.0. The SMILES string of the molecule is COc1ccc(CC(=O)Nc2ccc(N3CCN(c4ccccc4F)CC3)c(S(=O)(=O)N[C@@H]3CCCc4ccccc43)c2)cc1. The predicted octanol–water partition coefficient (Wildman–Crippen LogP) is 5.70. The first-order chi connectivity index (χ1) is 21.8. The first-order valence-corrected chi connectivity index (χ1v) is 16.7. The minimum atomic E-state index is -4.01. The number of piperazine rings is 1. The van der Waals surface area contributed by atoms with E-state index in [0.29, 0.717) is 55.4 Å². The van der Waals surface area contributed by atoms with Crippen LogP contribution in [0.4, 0.5) is 21.5 Å². The van der Waals surface area contributed by atoms with Crippen LogP contribution in [0.2, 0.25) is 0 Å². The fourth-order valence-corrected chi connectivity index (χ4v) is 7.73. The summed E-state index contributed by atoms with van der Waals surface area (Å²) in [7, 11) is -2.43. The van der Waals surface area contributed by atoms with Gasteiger partial charge >= 0.3 is 0 Å². The Morgan fingerprint density at radius 3 is 2.31 bits per heavy atom. The lowest BCUT2D eigenvalue weighted by atomic mass is 9.88. The van der Waals surface area contributed by atoms with Gasteiger partial charge in [0.2, 0.25) is 15.9 Å². The van der Waals surface area contributed by atoms with Crippen LogP contribution < -0.4 is 24.6 Å². The number of nitrogens with one attached hydrogen (secondary N) is 2. The van der Waals surface area contributed by atoms with Gasteiger partial charge in [0.15, 0.2) is 0 Å². The normalized spacial score (nSPS) is 16.6. The van der Waals surface area contributed by atoms with Crippen LogP contribution in [-0.2, 0) is 27.7 Å². The van der Waals surface area contributed by atoms with Gasteiger partial charge in [0, 0.05) is 37.9 Å². The second-order valence-electron chi connectivity index (χ2n) is 11.4. The van der Waals surface area contributed by atoms with Crippen LogP contribution in [0.15, 0.2) is 95.9 Å². The van der Waals surface area contributed by atoms with Crippen molar-refractivity contribution in [1.29, 1.82) is 0 Å². The smallest absolute Gasteiger partial charge is 0.243 e. The average Bonchev–Trinajstić information content (AvgIpc) is 3.05. The molecule has 4 aromatic rings. The number of hydrogen-bond acceptors (Lipinski definition) is 6. The Morgan fingerprint density at radius 2 is 1.58 bits per heavy atom. The van der Waals surface area contributed by atoms with Crippen molar-refractivity contribution in [3.63, 3.8) is 0 Å². The molecule has 8 nitrogen and oxygen atoms in total. The molecule has 1 aliphatic carbocycles. The van der Waals surface area contributed by atoms with Crippen LogP contribution in [0.5, 0.6) is 5.75 Å². The first-order valence-electron chi connectivity index (χ1n) is 15.2. The molecule has 1 amide bonds. The van der Waals surface area contributed by atoms with Gasteiger partial charge in [-0.25, -0.2) is 17.5 Å². The van der Waals surface area contributed by atoms with Gasteiger partial charge in [-0.3, -0.25) is 4.79 Å². The summed E-state index contributed by atoms with van der Waals surface area (Å²) in [5.74, 6) is 0.164. The molecule has 45 heavy (non-hydrogen) atoms. The number of hydrogen-bond donors (Lipinski definition) is 2. The van der Waals surface area contributed by atoms with Crippen LogP contribution >= 0.6 is 0 Å². The third kappa shape index (κ3) is 6.97. The maximum absolute atomic E-state index is 14.5. The third-order valence-electron chi connectivity index (χ3n) is 8.54. The molecule has 0 unspecified atom stereocenters. The topological polar surface area (TPSA) is 91.0 Å². The van der Waals surface area contributed by atoms with Gasteiger partial charge in [-0.1, -0.05) is 48.5 Å². The van der Waals surface area contributed by atoms with Crippen molar-refractivity contribution in [2.75, 3.05) is 48.4 Å². The highest BCUT2D eigenvalue weighted by molar-refractivity contribution is 7.89. The van der Waals surface area contributed by atoms with Crippen molar-refractivity contribution < 1.29 is 22.3 Å². The van der Waals surface area contributed by atoms with Gasteiger partial charge < -0.3 is 19.9 Å². The van der Waals surface area contributed by atoms with Gasteiger partial charge in [-0.05, 0) is 78.4 Å². The first kappa shape index (κ1) is 30.6. The molecule has 4 aromatic carbocycles. The summed E-state index contributed by atoms with van der Waals surface area (Å²) in [6.45, 7) is 2.08. The monoisotopic (exact) mass is 628 g/mol. The maximum atomic E-state index is 14.5. The number of halogens is 1. The molecule has 6 rings (SSSR count). The number of fused-ring (bicyclic) bond motifs is 1. The number of nitrogens with zero attached hydrogens (tertiary/aromatic N) is 2. The number of carbonyl (C=O) groups is 1. The number of rotatable bonds is 9. The molecule has 1 atom stereocenters. The molecule has 1 saturated heterocycles. The molecule has 0 aromatic heterocycles. The number of aryl methyl sites for hydroxylation is 1. The molecule has 0 saturated carbocycles. The minimum Gasteiger partial charge on any atom is -0.497 e. The lowest BCUT2D eigenvalue weighted by Gasteiger charge is -2.38. The second-order valence-corrected chi connectivity index (χ2v) is 13.1. The number of carbonyl (C=O) groups excluding carboxylic acids is 1. The standard InChI is InChI=1S/C35H37FN4O4S/c1-44-28-16-13-25(14-17-28)23-35(41)37-27-15-18-33(40-21-19-39(20-22-40)32-12-5-4-10-30(32)36)34(24-27)45(42,43)38-31-11-6-8-26-7-2-3-9-29(26)31/h2-5,7,9-10,12-18,24,31,38H,6,8,11,19-23H2,1H3,(H,37,41)/t31-/m1/s1. The van der Waals surface area contributed by atoms with Gasteiger partial charge in [0.25, 0.3) is 0 Å². The van der Waals surface area contributed by atoms with E-state index in [-0.39, 0.29) is 29.1 Å². The van der Waals surface area contributed by atoms with Gasteiger partial charge in [0.1, 0.15) is 16.5 Å². The Balaban J connectivity index is 1.26. The molecule has 0 bridgehead atoms. The Hall–Kier alpha value is -4.41. The molecule has 1 heterocycles. The highest BCUT2D eigenvalue weighted by atomic mass is 32.2. The highest BCUT2D eigenvalue weighted by Crippen LogP contribution is 2.35. The molecule has 2 N–H and O–H groups in total. The zero-order chi connectivity index (χ0) is 31.4. The Morgan fingerprint density at radius 1 is 0.889 bits per heavy atom. The fourth-order valence-electron chi connectivity index (χ4n) is 6.23. The molecule has 2 aliphatic rings. The Labute approximate surface area is 263 Å². The summed E-state index contributed by atoms with van der Waals surface area (Å²) in [5.41, 5.74) is 4.44. The maximum Gasteiger partial charge on any atom is 0.243 e. The van der Waals surface area contributed by atoms with Crippen LogP contribution in [0.1, 0.15) is 35.6 Å². The number of para-hydroxylation sites is 1. The average molecular weight is 629 g/mol. The van der Waals surface area contributed by atoms with Gasteiger partial charge in [-0.2, -0.15) is 0 Å². The zero-order valence-corrected chi connectivity index (χ0v) is 26.0. The van der Waals surface area contributed by atoms with E-state index in [1.54, 1.807) is 49.6 Å². The van der Waals surface area contributed by atoms with E-state index in [1.165, 1.54) is 6.07 Å². The minimum absolute atomic E-state index is 0.104. The molecular formula is C35H37FN4O4S. The van der Waals surface area contributed by atoms with Crippen LogP contribution in [-0.4, -0.2) is 47.6 Å². The summed E-state index contributed by atoms with van der Waals surface area (Å²) >= 11 is 0. The third-order valence-corrected chi connectivity index (χ3v) is 10.0. The Kier molecular flexibility index (Phi) is 9.04. The van der Waals surface area contributed by atoms with E-state index < -0.39 is 10.0 Å². The van der Waals surface area contributed by atoms with Crippen molar-refractivity contribution >= 4 is 33.0 Å². The Bertz CT molecular complexity index is 1770. The molecule has 0 radical (unpaired) electrons. The number of sulfonamides is 1. The number of amides is 1. The fraction of sp³-hybridized carbons (Fsp3) is 0.286. The van der Waals surface area contributed by atoms with E-state index in [0.717, 1.165) is 29.5 Å². The largest absolute Gasteiger partial charge is 0.497 e. The van der Waals surface area contributed by atoms with E-state index >= 15 is 0 Å². The van der Waals surface area contributed by atoms with E-state index in [2.05, 4.69) is 16.1 Å². The summed E-state index contributed by atoms with van der Waals surface area (Å²) in [5, 5.41) is 2.88. The quantitative estimate of drug-likeness (QED) is 0.247. The van der Waals surface area contributed by atoms with Crippen LogP contribution in [0.3, 0.4) is 0 Å². The summed E-state index contributed by atoms with van der Waals surface area (Å²) in [6, 6.07) is 26.6. The molecule has 1 fully saturated rings. The number of benzene rings is 4. The van der Waals surface area contributed by atoms with Crippen LogP contribution in [0.25, 0.3) is 0 Å². The number of anilines is 3. The van der Waals surface area contributed by atoms with Gasteiger partial charge in [-0.15, -0.1) is 0 Å². The predicted molar refractivity (Wildman–Crippen MR) is 175 cm³/mol. The molecular weight excluding hydrogens is 591 g/mol. The second kappa shape index (κ2) is 13.3. The lowest BCUT2D eigenvalue weighted by molar-refractivity contribution is -0.115. The lowest BCUT2D eigenvalue weighted by Crippen LogP contribution is -2.47. The van der Waals surface area contributed by atoms with Crippen LogP contribution in [0, 0.1) is 5.82 Å².